The molecule has 2 heterocycles. The van der Waals surface area contributed by atoms with E-state index in [1.54, 1.807) is 0 Å². The Bertz CT molecular complexity index is 478. The van der Waals surface area contributed by atoms with E-state index in [0.29, 0.717) is 15.8 Å². The lowest BCUT2D eigenvalue weighted by molar-refractivity contribution is -0.180. The Hall–Kier alpha value is 0.397. The summed E-state index contributed by atoms with van der Waals surface area (Å²) in [5.41, 5.74) is 3.36. The quantitative estimate of drug-likeness (QED) is 0.330. The Balaban J connectivity index is 1.88. The number of halogens is 2. The van der Waals surface area contributed by atoms with Gasteiger partial charge in [-0.1, -0.05) is 70.4 Å². The maximum absolute atomic E-state index is 6.32. The highest BCUT2D eigenvalue weighted by Gasteiger charge is 2.43. The molecule has 2 rings (SSSR count). The van der Waals surface area contributed by atoms with Crippen LogP contribution in [-0.4, -0.2) is 42.1 Å². The molecule has 5 heteroatoms. The van der Waals surface area contributed by atoms with E-state index in [-0.39, 0.29) is 18.3 Å². The highest BCUT2D eigenvalue weighted by atomic mass is 79.9. The molecule has 0 spiro atoms. The Labute approximate surface area is 159 Å². The van der Waals surface area contributed by atoms with Crippen molar-refractivity contribution < 1.29 is 9.47 Å². The Morgan fingerprint density at radius 2 is 1.61 bits per heavy atom. The minimum Gasteiger partial charge on any atom is -0.371 e. The fourth-order valence-electron chi connectivity index (χ4n) is 3.03. The second kappa shape index (κ2) is 8.67. The first kappa shape index (κ1) is 19.7. The molecule has 0 aromatic rings. The molecule has 0 aromatic heterocycles. The van der Waals surface area contributed by atoms with Crippen LogP contribution in [0.4, 0.5) is 0 Å². The molecule has 2 aliphatic rings. The Morgan fingerprint density at radius 3 is 2.17 bits per heavy atom. The fourth-order valence-corrected chi connectivity index (χ4v) is 5.12. The van der Waals surface area contributed by atoms with Crippen molar-refractivity contribution in [1.29, 1.82) is 0 Å². The van der Waals surface area contributed by atoms with Crippen molar-refractivity contribution in [3.05, 3.63) is 12.2 Å². The van der Waals surface area contributed by atoms with E-state index in [1.165, 1.54) is 0 Å². The van der Waals surface area contributed by atoms with Gasteiger partial charge in [0.05, 0.1) is 24.4 Å². The molecular weight excluding hydrogens is 436 g/mol. The second-order valence-corrected chi connectivity index (χ2v) is 14.6. The first-order valence-electron chi connectivity index (χ1n) is 8.57. The minimum atomic E-state index is -1.28. The van der Waals surface area contributed by atoms with Crippen molar-refractivity contribution >= 4 is 39.9 Å². The van der Waals surface area contributed by atoms with E-state index in [9.17, 15) is 0 Å². The number of rotatable bonds is 3. The molecule has 0 bridgehead atoms. The summed E-state index contributed by atoms with van der Waals surface area (Å²) in [4.78, 5) is 0.752. The van der Waals surface area contributed by atoms with Crippen LogP contribution in [0.3, 0.4) is 0 Å². The third-order valence-electron chi connectivity index (χ3n) is 4.25. The van der Waals surface area contributed by atoms with Crippen LogP contribution >= 0.6 is 31.9 Å². The summed E-state index contributed by atoms with van der Waals surface area (Å²) in [5, 5.41) is 0. The van der Waals surface area contributed by atoms with Gasteiger partial charge in [-0.3, -0.25) is 0 Å². The predicted molar refractivity (Wildman–Crippen MR) is 107 cm³/mol. The van der Waals surface area contributed by atoms with Gasteiger partial charge in [-0.25, -0.2) is 0 Å². The molecule has 2 aliphatic heterocycles. The van der Waals surface area contributed by atoms with Crippen LogP contribution in [0.5, 0.6) is 0 Å². The van der Waals surface area contributed by atoms with Crippen LogP contribution in [0, 0.1) is 11.5 Å². The maximum atomic E-state index is 6.32. The summed E-state index contributed by atoms with van der Waals surface area (Å²) in [6.45, 7) is 8.96. The van der Waals surface area contributed by atoms with Gasteiger partial charge in [0.15, 0.2) is 0 Å². The third-order valence-corrected chi connectivity index (χ3v) is 7.08. The van der Waals surface area contributed by atoms with E-state index < -0.39 is 8.07 Å². The first-order chi connectivity index (χ1) is 10.8. The zero-order valence-corrected chi connectivity index (χ0v) is 18.7. The number of fused-ring (bicyclic) bond motifs is 1. The SMILES string of the molecule is CC[C@@H]1O[C@@H]2C[C@H](Br)[C@H](C/C=C\C#C[Si](C)(C)C)O[C@@H]2C[C@@H]1Br. The van der Waals surface area contributed by atoms with Crippen LogP contribution in [0.15, 0.2) is 12.2 Å². The molecule has 130 valence electrons. The van der Waals surface area contributed by atoms with Crippen LogP contribution < -0.4 is 0 Å². The van der Waals surface area contributed by atoms with E-state index in [1.807, 2.05) is 6.08 Å². The molecule has 2 fully saturated rings. The van der Waals surface area contributed by atoms with Crippen molar-refractivity contribution in [2.45, 2.75) is 86.3 Å². The predicted octanol–water partition coefficient (Wildman–Crippen LogP) is 5.07. The van der Waals surface area contributed by atoms with Crippen molar-refractivity contribution in [2.24, 2.45) is 0 Å². The minimum absolute atomic E-state index is 0.211. The lowest BCUT2D eigenvalue weighted by Gasteiger charge is -2.45. The molecule has 23 heavy (non-hydrogen) atoms. The van der Waals surface area contributed by atoms with Crippen LogP contribution in [0.1, 0.15) is 32.6 Å². The molecule has 0 aromatic carbocycles. The Morgan fingerprint density at radius 1 is 1.04 bits per heavy atom. The maximum Gasteiger partial charge on any atom is 0.129 e. The van der Waals surface area contributed by atoms with Gasteiger partial charge >= 0.3 is 0 Å². The summed E-state index contributed by atoms with van der Waals surface area (Å²) in [5.74, 6) is 3.18. The summed E-state index contributed by atoms with van der Waals surface area (Å²) < 4.78 is 12.5. The third kappa shape index (κ3) is 6.00. The largest absolute Gasteiger partial charge is 0.371 e. The van der Waals surface area contributed by atoms with E-state index in [2.05, 4.69) is 76.0 Å². The van der Waals surface area contributed by atoms with Gasteiger partial charge in [-0.15, -0.1) is 5.54 Å². The molecule has 0 N–H and O–H groups in total. The molecule has 0 saturated carbocycles. The first-order valence-corrected chi connectivity index (χ1v) is 13.9. The summed E-state index contributed by atoms with van der Waals surface area (Å²) in [6.07, 6.45) is 9.13. The summed E-state index contributed by atoms with van der Waals surface area (Å²) in [7, 11) is -1.28. The number of allylic oxidation sites excluding steroid dienone is 1. The van der Waals surface area contributed by atoms with Gasteiger partial charge in [-0.05, 0) is 31.8 Å². The normalized spacial score (nSPS) is 38.0. The van der Waals surface area contributed by atoms with Gasteiger partial charge in [0.2, 0.25) is 0 Å². The van der Waals surface area contributed by atoms with E-state index in [4.69, 9.17) is 9.47 Å². The lowest BCUT2D eigenvalue weighted by Crippen LogP contribution is -2.53. The van der Waals surface area contributed by atoms with Gasteiger partial charge in [0.1, 0.15) is 8.07 Å². The summed E-state index contributed by atoms with van der Waals surface area (Å²) >= 11 is 7.55. The number of hydrogen-bond acceptors (Lipinski definition) is 2. The molecule has 0 unspecified atom stereocenters. The molecule has 6 atom stereocenters. The molecule has 2 nitrogen and oxygen atoms in total. The highest BCUT2D eigenvalue weighted by Crippen LogP contribution is 2.38. The van der Waals surface area contributed by atoms with Crippen molar-refractivity contribution in [3.63, 3.8) is 0 Å². The second-order valence-electron chi connectivity index (χ2n) is 7.50. The molecule has 0 aliphatic carbocycles. The fraction of sp³-hybridized carbons (Fsp3) is 0.778. The molecule has 0 amide bonds. The van der Waals surface area contributed by atoms with Crippen molar-refractivity contribution in [3.8, 4) is 11.5 Å². The summed E-state index contributed by atoms with van der Waals surface area (Å²) in [6, 6.07) is 0. The number of hydrogen-bond donors (Lipinski definition) is 0. The van der Waals surface area contributed by atoms with Gasteiger partial charge < -0.3 is 9.47 Å². The van der Waals surface area contributed by atoms with E-state index in [0.717, 1.165) is 25.7 Å². The molecule has 2 saturated heterocycles. The zero-order chi connectivity index (χ0) is 17.0. The topological polar surface area (TPSA) is 18.5 Å². The zero-order valence-electron chi connectivity index (χ0n) is 14.5. The van der Waals surface area contributed by atoms with Crippen molar-refractivity contribution in [2.75, 3.05) is 0 Å². The Kier molecular flexibility index (Phi) is 7.43. The monoisotopic (exact) mass is 462 g/mol. The van der Waals surface area contributed by atoms with Crippen LogP contribution in [-0.2, 0) is 9.47 Å². The molecular formula is C18H28Br2O2Si. The van der Waals surface area contributed by atoms with Crippen LogP contribution in [0.25, 0.3) is 0 Å². The number of alkyl halides is 2. The average molecular weight is 464 g/mol. The number of ether oxygens (including phenoxy) is 2. The highest BCUT2D eigenvalue weighted by molar-refractivity contribution is 9.09. The van der Waals surface area contributed by atoms with Crippen LogP contribution in [0.2, 0.25) is 19.6 Å². The standard InChI is InChI=1S/C18H28Br2O2Si/c1-5-15-13(19)11-18-17(21-15)12-14(20)16(22-18)9-7-6-8-10-23(2,3)4/h6-7,13-18H,5,9,11-12H2,1-4H3/b7-6-/t13-,14-,15-,16-,17+,18+/m0/s1. The van der Waals surface area contributed by atoms with Crippen molar-refractivity contribution in [1.82, 2.24) is 0 Å². The average Bonchev–Trinajstić information content (AvgIpc) is 2.46. The van der Waals surface area contributed by atoms with Gasteiger partial charge in [0, 0.05) is 9.65 Å². The van der Waals surface area contributed by atoms with Gasteiger partial charge in [0.25, 0.3) is 0 Å². The van der Waals surface area contributed by atoms with Gasteiger partial charge in [-0.2, -0.15) is 0 Å². The molecule has 0 radical (unpaired) electrons. The van der Waals surface area contributed by atoms with E-state index >= 15 is 0 Å². The lowest BCUT2D eigenvalue weighted by atomic mass is 9.91. The smallest absolute Gasteiger partial charge is 0.129 e.